The maximum atomic E-state index is 5.95. The molecule has 0 spiro atoms. The molecule has 3 rings (SSSR count). The number of nitrogens with one attached hydrogen (secondary N) is 2. The van der Waals surface area contributed by atoms with Crippen LogP contribution >= 0.6 is 0 Å². The fourth-order valence-corrected chi connectivity index (χ4v) is 3.62. The van der Waals surface area contributed by atoms with Crippen LogP contribution in [0.2, 0.25) is 0 Å². The number of hydrogen-bond acceptors (Lipinski definition) is 5. The van der Waals surface area contributed by atoms with Crippen LogP contribution in [0.4, 0.5) is 5.69 Å². The number of allylic oxidation sites excluding steroid dienone is 1. The van der Waals surface area contributed by atoms with Crippen molar-refractivity contribution in [1.29, 1.82) is 0 Å². The molecule has 0 unspecified atom stereocenters. The van der Waals surface area contributed by atoms with E-state index in [0.717, 1.165) is 53.8 Å². The minimum atomic E-state index is 0.293. The Morgan fingerprint density at radius 2 is 1.82 bits per heavy atom. The number of aromatic nitrogens is 1. The van der Waals surface area contributed by atoms with Crippen LogP contribution in [0, 0.1) is 0 Å². The highest BCUT2D eigenvalue weighted by Gasteiger charge is 2.09. The van der Waals surface area contributed by atoms with Gasteiger partial charge in [0.2, 0.25) is 0 Å². The Morgan fingerprint density at radius 3 is 2.55 bits per heavy atom. The van der Waals surface area contributed by atoms with Crippen molar-refractivity contribution >= 4 is 11.5 Å². The van der Waals surface area contributed by atoms with Crippen molar-refractivity contribution in [2.75, 3.05) is 5.32 Å². The predicted octanol–water partition coefficient (Wildman–Crippen LogP) is 5.12. The SMILES string of the molecule is CCCC/C(=C/Nc1ccccc1CC)NCc1ccc(-c2ccccc2/C(N)=N/N)nc1. The second-order valence-corrected chi connectivity index (χ2v) is 7.89. The van der Waals surface area contributed by atoms with Gasteiger partial charge in [0.25, 0.3) is 0 Å². The largest absolute Gasteiger partial charge is 0.383 e. The smallest absolute Gasteiger partial charge is 0.150 e. The van der Waals surface area contributed by atoms with Crippen LogP contribution in [0.3, 0.4) is 0 Å². The highest BCUT2D eigenvalue weighted by atomic mass is 15.2. The highest BCUT2D eigenvalue weighted by Crippen LogP contribution is 2.22. The van der Waals surface area contributed by atoms with E-state index in [0.29, 0.717) is 12.4 Å². The van der Waals surface area contributed by atoms with Gasteiger partial charge in [-0.15, -0.1) is 0 Å². The molecular weight excluding hydrogens is 408 g/mol. The Balaban J connectivity index is 1.70. The minimum Gasteiger partial charge on any atom is -0.383 e. The predicted molar refractivity (Wildman–Crippen MR) is 138 cm³/mol. The number of anilines is 1. The molecule has 0 radical (unpaired) electrons. The molecule has 0 aliphatic rings. The number of aryl methyl sites for hydroxylation is 1. The lowest BCUT2D eigenvalue weighted by atomic mass is 10.0. The molecule has 1 aromatic heterocycles. The number of pyridine rings is 1. The van der Waals surface area contributed by atoms with Gasteiger partial charge in [-0.1, -0.05) is 68.8 Å². The third-order valence-electron chi connectivity index (χ3n) is 5.56. The summed E-state index contributed by atoms with van der Waals surface area (Å²) in [7, 11) is 0. The maximum Gasteiger partial charge on any atom is 0.150 e. The van der Waals surface area contributed by atoms with Crippen LogP contribution in [0.1, 0.15) is 49.8 Å². The minimum absolute atomic E-state index is 0.293. The molecule has 0 saturated carbocycles. The zero-order chi connectivity index (χ0) is 23.5. The van der Waals surface area contributed by atoms with Gasteiger partial charge >= 0.3 is 0 Å². The van der Waals surface area contributed by atoms with Crippen LogP contribution in [-0.2, 0) is 13.0 Å². The zero-order valence-electron chi connectivity index (χ0n) is 19.5. The molecule has 2 aromatic carbocycles. The molecule has 0 bridgehead atoms. The molecule has 6 heteroatoms. The van der Waals surface area contributed by atoms with E-state index >= 15 is 0 Å². The molecule has 6 nitrogen and oxygen atoms in total. The zero-order valence-corrected chi connectivity index (χ0v) is 19.5. The van der Waals surface area contributed by atoms with Gasteiger partial charge in [-0.25, -0.2) is 0 Å². The molecule has 0 saturated heterocycles. The molecule has 6 N–H and O–H groups in total. The molecule has 0 atom stereocenters. The summed E-state index contributed by atoms with van der Waals surface area (Å²) in [4.78, 5) is 4.66. The van der Waals surface area contributed by atoms with E-state index in [4.69, 9.17) is 11.6 Å². The van der Waals surface area contributed by atoms with Crippen molar-refractivity contribution < 1.29 is 0 Å². The Kier molecular flexibility index (Phi) is 8.88. The van der Waals surface area contributed by atoms with E-state index in [2.05, 4.69) is 71.1 Å². The Bertz CT molecular complexity index is 1090. The molecule has 0 aliphatic carbocycles. The molecule has 0 aliphatic heterocycles. The number of hydrazone groups is 1. The van der Waals surface area contributed by atoms with E-state index in [9.17, 15) is 0 Å². The van der Waals surface area contributed by atoms with Crippen molar-refractivity contribution in [1.82, 2.24) is 10.3 Å². The summed E-state index contributed by atoms with van der Waals surface area (Å²) in [6, 6.07) is 20.2. The van der Waals surface area contributed by atoms with Crippen LogP contribution in [0.5, 0.6) is 0 Å². The first-order valence-electron chi connectivity index (χ1n) is 11.5. The molecule has 0 fully saturated rings. The number of nitrogens with two attached hydrogens (primary N) is 2. The number of unbranched alkanes of at least 4 members (excludes halogenated alkanes) is 1. The second kappa shape index (κ2) is 12.3. The first-order chi connectivity index (χ1) is 16.2. The van der Waals surface area contributed by atoms with Gasteiger partial charge in [0, 0.05) is 41.5 Å². The topological polar surface area (TPSA) is 101 Å². The average molecular weight is 443 g/mol. The third kappa shape index (κ3) is 6.59. The Hall–Kier alpha value is -3.80. The first kappa shape index (κ1) is 23.9. The number of amidine groups is 1. The number of hydrogen-bond donors (Lipinski definition) is 4. The quantitative estimate of drug-likeness (QED) is 0.143. The van der Waals surface area contributed by atoms with Crippen LogP contribution < -0.4 is 22.2 Å². The van der Waals surface area contributed by atoms with Gasteiger partial charge in [0.15, 0.2) is 5.84 Å². The monoisotopic (exact) mass is 442 g/mol. The molecule has 33 heavy (non-hydrogen) atoms. The van der Waals surface area contributed by atoms with Crippen molar-refractivity contribution in [2.45, 2.75) is 46.1 Å². The van der Waals surface area contributed by atoms with E-state index < -0.39 is 0 Å². The van der Waals surface area contributed by atoms with E-state index in [1.807, 2.05) is 36.5 Å². The molecule has 0 amide bonds. The summed E-state index contributed by atoms with van der Waals surface area (Å²) in [6.07, 6.45) is 8.26. The van der Waals surface area contributed by atoms with Crippen molar-refractivity contribution in [3.05, 3.63) is 95.4 Å². The number of benzene rings is 2. The molecule has 3 aromatic rings. The highest BCUT2D eigenvalue weighted by molar-refractivity contribution is 6.02. The Labute approximate surface area is 196 Å². The third-order valence-corrected chi connectivity index (χ3v) is 5.56. The summed E-state index contributed by atoms with van der Waals surface area (Å²) in [5.74, 6) is 5.67. The fraction of sp³-hybridized carbons (Fsp3) is 0.259. The standard InChI is InChI=1S/C27H34N6/c1-3-5-11-22(19-32-25-14-9-6-10-21(25)4-2)30-17-20-15-16-26(31-18-20)23-12-7-8-13-24(23)27(28)33-29/h6-10,12-16,18-19,30,32H,3-5,11,17,29H2,1-2H3,(H2,28,33)/b22-19-. The summed E-state index contributed by atoms with van der Waals surface area (Å²) in [5, 5.41) is 10.7. The summed E-state index contributed by atoms with van der Waals surface area (Å²) in [6.45, 7) is 5.08. The summed E-state index contributed by atoms with van der Waals surface area (Å²) < 4.78 is 0. The number of rotatable bonds is 11. The second-order valence-electron chi connectivity index (χ2n) is 7.89. The Morgan fingerprint density at radius 1 is 1.03 bits per heavy atom. The van der Waals surface area contributed by atoms with Crippen molar-refractivity contribution in [3.8, 4) is 11.3 Å². The van der Waals surface area contributed by atoms with Crippen LogP contribution in [0.25, 0.3) is 11.3 Å². The van der Waals surface area contributed by atoms with E-state index in [1.54, 1.807) is 0 Å². The number of para-hydroxylation sites is 1. The van der Waals surface area contributed by atoms with Gasteiger partial charge in [-0.3, -0.25) is 4.98 Å². The first-order valence-corrected chi connectivity index (χ1v) is 11.5. The molecule has 1 heterocycles. The maximum absolute atomic E-state index is 5.95. The molecule has 172 valence electrons. The lowest BCUT2D eigenvalue weighted by molar-refractivity contribution is 0.697. The van der Waals surface area contributed by atoms with Crippen LogP contribution in [-0.4, -0.2) is 10.8 Å². The van der Waals surface area contributed by atoms with E-state index in [1.165, 1.54) is 11.3 Å². The van der Waals surface area contributed by atoms with Crippen LogP contribution in [0.15, 0.2) is 83.9 Å². The molecular formula is C27H34N6. The average Bonchev–Trinajstić information content (AvgIpc) is 2.88. The summed E-state index contributed by atoms with van der Waals surface area (Å²) >= 11 is 0. The lowest BCUT2D eigenvalue weighted by Gasteiger charge is -2.14. The van der Waals surface area contributed by atoms with Crippen molar-refractivity contribution in [3.63, 3.8) is 0 Å². The van der Waals surface area contributed by atoms with E-state index in [-0.39, 0.29) is 0 Å². The van der Waals surface area contributed by atoms with Crippen molar-refractivity contribution in [2.24, 2.45) is 16.7 Å². The summed E-state index contributed by atoms with van der Waals surface area (Å²) in [5.41, 5.74) is 13.2. The number of nitrogens with zero attached hydrogens (tertiary/aromatic N) is 2. The van der Waals surface area contributed by atoms with Gasteiger partial charge in [0.05, 0.1) is 5.69 Å². The van der Waals surface area contributed by atoms with Gasteiger partial charge in [-0.05, 0) is 42.5 Å². The lowest BCUT2D eigenvalue weighted by Crippen LogP contribution is -2.17. The normalized spacial score (nSPS) is 11.9. The fourth-order valence-electron chi connectivity index (χ4n) is 3.62. The van der Waals surface area contributed by atoms with Gasteiger partial charge in [0.1, 0.15) is 0 Å². The van der Waals surface area contributed by atoms with Gasteiger partial charge < -0.3 is 22.2 Å². The van der Waals surface area contributed by atoms with Gasteiger partial charge in [-0.2, -0.15) is 5.10 Å².